The van der Waals surface area contributed by atoms with Crippen molar-refractivity contribution in [2.45, 2.75) is 32.1 Å². The first-order chi connectivity index (χ1) is 7.83. The van der Waals surface area contributed by atoms with E-state index in [1.807, 2.05) is 0 Å². The van der Waals surface area contributed by atoms with Crippen LogP contribution in [0.4, 0.5) is 0 Å². The molecule has 0 nitrogen and oxygen atoms in total. The third kappa shape index (κ3) is 4.58. The Balaban J connectivity index is 0.000000386. The Hall–Kier alpha value is 0.803. The van der Waals surface area contributed by atoms with Crippen molar-refractivity contribution >= 4 is 30.5 Å². The molecule has 2 rings (SSSR count). The van der Waals surface area contributed by atoms with Crippen LogP contribution in [-0.4, -0.2) is 0 Å². The van der Waals surface area contributed by atoms with Gasteiger partial charge in [0.25, 0.3) is 0 Å². The minimum atomic E-state index is -0.145. The topological polar surface area (TPSA) is 0 Å². The second kappa shape index (κ2) is 8.83. The van der Waals surface area contributed by atoms with E-state index in [-0.39, 0.29) is 18.5 Å². The normalized spacial score (nSPS) is 16.3. The molecule has 1 atom stereocenters. The fourth-order valence-electron chi connectivity index (χ4n) is 2.00. The number of halogens is 2. The number of rotatable bonds is 3. The molecule has 0 aromatic heterocycles. The molecule has 0 saturated carbocycles. The van der Waals surface area contributed by atoms with E-state index in [9.17, 15) is 0 Å². The maximum absolute atomic E-state index is 3.23. The number of hydrogen-bond acceptors (Lipinski definition) is 0. The molecule has 0 aliphatic heterocycles. The summed E-state index contributed by atoms with van der Waals surface area (Å²) in [5.74, 6) is 0.691. The molecule has 1 aliphatic carbocycles. The fraction of sp³-hybridized carbons (Fsp3) is 0.385. The van der Waals surface area contributed by atoms with Crippen LogP contribution in [0, 0.1) is 0 Å². The molecule has 0 heterocycles. The van der Waals surface area contributed by atoms with Gasteiger partial charge in [-0.1, -0.05) is 56.2 Å². The van der Waals surface area contributed by atoms with E-state index in [4.69, 9.17) is 0 Å². The van der Waals surface area contributed by atoms with E-state index in [0.717, 1.165) is 0 Å². The van der Waals surface area contributed by atoms with Crippen LogP contribution in [0.1, 0.15) is 43.2 Å². The summed E-state index contributed by atoms with van der Waals surface area (Å²) in [6, 6.07) is 8.73. The van der Waals surface area contributed by atoms with Gasteiger partial charge in [-0.25, -0.2) is 0 Å². The van der Waals surface area contributed by atoms with Crippen molar-refractivity contribution in [3.8, 4) is 0 Å². The Morgan fingerprint density at radius 3 is 2.62 bits per heavy atom. The van der Waals surface area contributed by atoms with Crippen LogP contribution in [0.5, 0.6) is 0 Å². The Morgan fingerprint density at radius 1 is 1.25 bits per heavy atom. The van der Waals surface area contributed by atoms with Gasteiger partial charge in [0.1, 0.15) is 0 Å². The average Bonchev–Trinajstić information content (AvgIpc) is 2.71. The second-order valence-corrected chi connectivity index (χ2v) is 15.1. The van der Waals surface area contributed by atoms with E-state index in [1.165, 1.54) is 30.4 Å². The van der Waals surface area contributed by atoms with Crippen molar-refractivity contribution in [2.24, 2.45) is 0 Å². The summed E-state index contributed by atoms with van der Waals surface area (Å²) in [4.78, 5) is 0. The van der Waals surface area contributed by atoms with Crippen molar-refractivity contribution in [1.29, 1.82) is 0 Å². The van der Waals surface area contributed by atoms with Crippen LogP contribution < -0.4 is 0 Å². The molecule has 0 N–H and O–H groups in total. The van der Waals surface area contributed by atoms with Gasteiger partial charge in [0.15, 0.2) is 0 Å². The van der Waals surface area contributed by atoms with E-state index in [2.05, 4.69) is 67.8 Å². The summed E-state index contributed by atoms with van der Waals surface area (Å²) < 4.78 is 0. The van der Waals surface area contributed by atoms with Crippen LogP contribution in [0.2, 0.25) is 0 Å². The number of benzene rings is 1. The van der Waals surface area contributed by atoms with E-state index in [1.54, 1.807) is 0 Å². The first-order valence-corrected chi connectivity index (χ1v) is 16.8. The van der Waals surface area contributed by atoms with Gasteiger partial charge in [0, 0.05) is 5.92 Å². The second-order valence-electron chi connectivity index (χ2n) is 3.81. The molecule has 1 aromatic rings. The van der Waals surface area contributed by atoms with Gasteiger partial charge in [-0.2, -0.15) is 0 Å². The summed E-state index contributed by atoms with van der Waals surface area (Å²) in [6.45, 7) is 2.25. The first kappa shape index (κ1) is 14.9. The third-order valence-corrected chi connectivity index (χ3v) is 2.77. The van der Waals surface area contributed by atoms with Crippen LogP contribution in [0.15, 0.2) is 30.3 Å². The van der Waals surface area contributed by atoms with Crippen LogP contribution in [0.25, 0.3) is 6.08 Å². The van der Waals surface area contributed by atoms with Crippen molar-refractivity contribution in [3.63, 3.8) is 0 Å². The number of unbranched alkanes of at least 4 members (excludes halogenated alkanes) is 1. The molecule has 0 amide bonds. The van der Waals surface area contributed by atoms with Gasteiger partial charge in [-0.3, -0.25) is 0 Å². The molecule has 0 bridgehead atoms. The fourth-order valence-corrected chi connectivity index (χ4v) is 2.00. The van der Waals surface area contributed by atoms with Gasteiger partial charge < -0.3 is 0 Å². The molecule has 0 radical (unpaired) electrons. The zero-order valence-corrected chi connectivity index (χ0v) is 15.0. The number of hydrogen-bond donors (Lipinski definition) is 0. The molecular formula is C13H16Br2Zr. The van der Waals surface area contributed by atoms with Crippen LogP contribution in [-0.2, 0) is 18.5 Å². The summed E-state index contributed by atoms with van der Waals surface area (Å²) in [7, 11) is 0. The molecule has 0 spiro atoms. The number of fused-ring (bicyclic) bond motifs is 1. The molecule has 16 heavy (non-hydrogen) atoms. The maximum atomic E-state index is 3.23. The molecule has 1 aliphatic rings. The van der Waals surface area contributed by atoms with Gasteiger partial charge in [0.05, 0.1) is 0 Å². The molecule has 86 valence electrons. The Kier molecular flexibility index (Phi) is 8.20. The molecule has 0 saturated heterocycles. The quantitative estimate of drug-likeness (QED) is 0.587. The zero-order chi connectivity index (χ0) is 11.8. The van der Waals surface area contributed by atoms with Crippen molar-refractivity contribution in [3.05, 3.63) is 41.5 Å². The Bertz CT molecular complexity index is 336. The summed E-state index contributed by atoms with van der Waals surface area (Å²) in [6.07, 6.45) is 8.55. The van der Waals surface area contributed by atoms with Gasteiger partial charge in [-0.15, -0.1) is 0 Å². The van der Waals surface area contributed by atoms with Gasteiger partial charge in [0.2, 0.25) is 0 Å². The SMILES string of the molecule is CCCCC1C=Cc2ccccc21.[Br][Zr][Br]. The summed E-state index contributed by atoms with van der Waals surface area (Å²) >= 11 is 6.32. The molecule has 0 fully saturated rings. The van der Waals surface area contributed by atoms with E-state index < -0.39 is 0 Å². The van der Waals surface area contributed by atoms with Crippen LogP contribution in [0.3, 0.4) is 0 Å². The predicted molar refractivity (Wildman–Crippen MR) is 75.6 cm³/mol. The summed E-state index contributed by atoms with van der Waals surface area (Å²) in [5.41, 5.74) is 2.94. The predicted octanol–water partition coefficient (Wildman–Crippen LogP) is 5.68. The minimum absolute atomic E-state index is 0.145. The van der Waals surface area contributed by atoms with E-state index >= 15 is 0 Å². The third-order valence-electron chi connectivity index (χ3n) is 2.77. The monoisotopic (exact) mass is 420 g/mol. The molecule has 1 aromatic carbocycles. The molecule has 1 unspecified atom stereocenters. The first-order valence-electron chi connectivity index (χ1n) is 5.56. The Labute approximate surface area is 121 Å². The zero-order valence-electron chi connectivity index (χ0n) is 9.42. The van der Waals surface area contributed by atoms with Gasteiger partial charge in [-0.05, 0) is 17.5 Å². The van der Waals surface area contributed by atoms with E-state index in [0.29, 0.717) is 5.92 Å². The molecule has 3 heteroatoms. The number of allylic oxidation sites excluding steroid dienone is 1. The molecular weight excluding hydrogens is 407 g/mol. The van der Waals surface area contributed by atoms with Crippen molar-refractivity contribution in [2.75, 3.05) is 0 Å². The summed E-state index contributed by atoms with van der Waals surface area (Å²) in [5, 5.41) is 0. The van der Waals surface area contributed by atoms with Gasteiger partial charge >= 0.3 is 43.0 Å². The van der Waals surface area contributed by atoms with Crippen molar-refractivity contribution in [1.82, 2.24) is 0 Å². The Morgan fingerprint density at radius 2 is 1.94 bits per heavy atom. The van der Waals surface area contributed by atoms with Crippen molar-refractivity contribution < 1.29 is 18.5 Å². The average molecular weight is 423 g/mol. The standard InChI is InChI=1S/C13H16.2BrH.Zr/c1-2-3-6-11-9-10-12-7-4-5-8-13(11)12;;;/h4-5,7-11H,2-3,6H2,1H3;2*1H;/q;;;+2/p-2. The van der Waals surface area contributed by atoms with Crippen LogP contribution >= 0.6 is 24.4 Å².